The fourth-order valence-corrected chi connectivity index (χ4v) is 2.39. The molecule has 4 heteroatoms. The van der Waals surface area contributed by atoms with Gasteiger partial charge in [0.2, 0.25) is 0 Å². The maximum absolute atomic E-state index is 11.3. The van der Waals surface area contributed by atoms with Crippen LogP contribution in [0.5, 0.6) is 0 Å². The van der Waals surface area contributed by atoms with Gasteiger partial charge in [0.25, 0.3) is 0 Å². The van der Waals surface area contributed by atoms with Crippen molar-refractivity contribution in [1.82, 2.24) is 0 Å². The minimum absolute atomic E-state index is 0.0810. The Morgan fingerprint density at radius 3 is 2.73 bits per heavy atom. The van der Waals surface area contributed by atoms with Gasteiger partial charge in [-0.3, -0.25) is 0 Å². The Hall–Kier alpha value is -2.00. The maximum Gasteiger partial charge on any atom is 0.344 e. The van der Waals surface area contributed by atoms with Crippen LogP contribution in [-0.4, -0.2) is 19.2 Å². The summed E-state index contributed by atoms with van der Waals surface area (Å²) in [5, 5.41) is -0.199. The molecular formula is C18H19ClO3. The lowest BCUT2D eigenvalue weighted by Crippen LogP contribution is -2.11. The second-order valence-corrected chi connectivity index (χ2v) is 5.18. The van der Waals surface area contributed by atoms with E-state index in [4.69, 9.17) is 21.1 Å². The predicted octanol–water partition coefficient (Wildman–Crippen LogP) is 4.32. The highest BCUT2D eigenvalue weighted by molar-refractivity contribution is 6.22. The third kappa shape index (κ3) is 4.78. The molecule has 1 aromatic carbocycles. The molecule has 3 nitrogen and oxygen atoms in total. The number of hydrogen-bond acceptors (Lipinski definition) is 3. The summed E-state index contributed by atoms with van der Waals surface area (Å²) in [5.41, 5.74) is 2.06. The largest absolute Gasteiger partial charge is 0.482 e. The summed E-state index contributed by atoms with van der Waals surface area (Å²) in [7, 11) is 0. The van der Waals surface area contributed by atoms with E-state index in [2.05, 4.69) is 6.08 Å². The van der Waals surface area contributed by atoms with Gasteiger partial charge in [0, 0.05) is 0 Å². The molecule has 2 rings (SSSR count). The van der Waals surface area contributed by atoms with Crippen molar-refractivity contribution >= 4 is 17.6 Å². The first-order chi connectivity index (χ1) is 10.7. The van der Waals surface area contributed by atoms with E-state index >= 15 is 0 Å². The number of allylic oxidation sites excluding steroid dienone is 5. The predicted molar refractivity (Wildman–Crippen MR) is 87.5 cm³/mol. The van der Waals surface area contributed by atoms with E-state index in [0.717, 1.165) is 11.1 Å². The zero-order valence-corrected chi connectivity index (χ0v) is 13.3. The van der Waals surface area contributed by atoms with Gasteiger partial charge in [-0.25, -0.2) is 4.79 Å². The molecule has 1 aliphatic rings. The molecule has 0 spiro atoms. The van der Waals surface area contributed by atoms with E-state index in [1.807, 2.05) is 48.6 Å². The molecule has 0 heterocycles. The zero-order valence-electron chi connectivity index (χ0n) is 12.5. The van der Waals surface area contributed by atoms with Crippen molar-refractivity contribution in [3.05, 3.63) is 71.5 Å². The van der Waals surface area contributed by atoms with Crippen molar-refractivity contribution in [3.63, 3.8) is 0 Å². The molecule has 0 aromatic heterocycles. The Labute approximate surface area is 135 Å². The first-order valence-corrected chi connectivity index (χ1v) is 7.70. The van der Waals surface area contributed by atoms with E-state index in [9.17, 15) is 4.79 Å². The van der Waals surface area contributed by atoms with Crippen LogP contribution in [0.4, 0.5) is 0 Å². The highest BCUT2D eigenvalue weighted by atomic mass is 35.5. The summed E-state index contributed by atoms with van der Waals surface area (Å²) < 4.78 is 10.3. The molecule has 116 valence electrons. The van der Waals surface area contributed by atoms with Gasteiger partial charge < -0.3 is 9.47 Å². The second-order valence-electron chi connectivity index (χ2n) is 4.75. The van der Waals surface area contributed by atoms with Gasteiger partial charge in [-0.2, -0.15) is 0 Å². The Morgan fingerprint density at radius 2 is 2.00 bits per heavy atom. The normalized spacial score (nSPS) is 15.4. The average molecular weight is 319 g/mol. The Kier molecular flexibility index (Phi) is 6.28. The van der Waals surface area contributed by atoms with Crippen LogP contribution in [0.15, 0.2) is 66.0 Å². The van der Waals surface area contributed by atoms with E-state index in [-0.39, 0.29) is 18.0 Å². The topological polar surface area (TPSA) is 35.5 Å². The average Bonchev–Trinajstić information content (AvgIpc) is 2.79. The number of ether oxygens (including phenoxy) is 2. The molecule has 1 atom stereocenters. The number of rotatable bonds is 6. The van der Waals surface area contributed by atoms with Crippen molar-refractivity contribution in [3.8, 4) is 0 Å². The van der Waals surface area contributed by atoms with Gasteiger partial charge >= 0.3 is 5.97 Å². The quantitative estimate of drug-likeness (QED) is 0.579. The van der Waals surface area contributed by atoms with Crippen LogP contribution in [0, 0.1) is 0 Å². The number of benzene rings is 1. The van der Waals surface area contributed by atoms with Gasteiger partial charge in [0.15, 0.2) is 6.61 Å². The minimum Gasteiger partial charge on any atom is -0.482 e. The lowest BCUT2D eigenvalue weighted by atomic mass is 10.0. The van der Waals surface area contributed by atoms with Crippen molar-refractivity contribution < 1.29 is 14.3 Å². The SMILES string of the molecule is CCOC(=O)COC1=CCC=C(C(Cl)c2ccccc2)C=C1. The Morgan fingerprint density at radius 1 is 1.23 bits per heavy atom. The highest BCUT2D eigenvalue weighted by Gasteiger charge is 2.12. The Balaban J connectivity index is 1.95. The zero-order chi connectivity index (χ0) is 15.8. The highest BCUT2D eigenvalue weighted by Crippen LogP contribution is 2.31. The molecule has 0 saturated heterocycles. The van der Waals surface area contributed by atoms with Crippen molar-refractivity contribution in [2.24, 2.45) is 0 Å². The van der Waals surface area contributed by atoms with Crippen LogP contribution in [0.25, 0.3) is 0 Å². The molecular weight excluding hydrogens is 300 g/mol. The van der Waals surface area contributed by atoms with Gasteiger partial charge in [-0.1, -0.05) is 42.5 Å². The summed E-state index contributed by atoms with van der Waals surface area (Å²) in [5.74, 6) is 0.282. The fraction of sp³-hybridized carbons (Fsp3) is 0.278. The van der Waals surface area contributed by atoms with Crippen molar-refractivity contribution in [2.75, 3.05) is 13.2 Å². The number of alkyl halides is 1. The third-order valence-electron chi connectivity index (χ3n) is 3.16. The van der Waals surface area contributed by atoms with E-state index in [0.29, 0.717) is 18.8 Å². The van der Waals surface area contributed by atoms with Gasteiger partial charge in [0.05, 0.1) is 12.0 Å². The summed E-state index contributed by atoms with van der Waals surface area (Å²) >= 11 is 6.52. The molecule has 1 unspecified atom stereocenters. The molecule has 1 aromatic rings. The molecule has 0 bridgehead atoms. The van der Waals surface area contributed by atoms with E-state index < -0.39 is 0 Å². The van der Waals surface area contributed by atoms with Gasteiger partial charge in [0.1, 0.15) is 5.76 Å². The molecule has 22 heavy (non-hydrogen) atoms. The van der Waals surface area contributed by atoms with Gasteiger partial charge in [-0.05, 0) is 36.6 Å². The third-order valence-corrected chi connectivity index (χ3v) is 3.66. The number of halogens is 1. The molecule has 0 amide bonds. The minimum atomic E-state index is -0.367. The summed E-state index contributed by atoms with van der Waals surface area (Å²) in [6, 6.07) is 9.91. The summed E-state index contributed by atoms with van der Waals surface area (Å²) in [6.45, 7) is 2.04. The Bertz CT molecular complexity index is 588. The smallest absolute Gasteiger partial charge is 0.344 e. The van der Waals surface area contributed by atoms with Crippen molar-refractivity contribution in [2.45, 2.75) is 18.7 Å². The summed E-state index contributed by atoms with van der Waals surface area (Å²) in [6.07, 6.45) is 8.43. The monoisotopic (exact) mass is 318 g/mol. The maximum atomic E-state index is 11.3. The molecule has 0 saturated carbocycles. The first-order valence-electron chi connectivity index (χ1n) is 7.26. The standard InChI is InChI=1S/C18H19ClO3/c1-2-21-17(20)13-22-16-10-6-9-15(11-12-16)18(19)14-7-4-3-5-8-14/h3-5,7-12,18H,2,6,13H2,1H3. The van der Waals surface area contributed by atoms with Crippen molar-refractivity contribution in [1.29, 1.82) is 0 Å². The molecule has 0 N–H and O–H groups in total. The number of hydrogen-bond donors (Lipinski definition) is 0. The van der Waals surface area contributed by atoms with Crippen LogP contribution >= 0.6 is 11.6 Å². The van der Waals surface area contributed by atoms with Gasteiger partial charge in [-0.15, -0.1) is 11.6 Å². The van der Waals surface area contributed by atoms with E-state index in [1.54, 1.807) is 6.92 Å². The lowest BCUT2D eigenvalue weighted by molar-refractivity contribution is -0.146. The van der Waals surface area contributed by atoms with Crippen LogP contribution in [0.2, 0.25) is 0 Å². The lowest BCUT2D eigenvalue weighted by Gasteiger charge is -2.10. The summed E-state index contributed by atoms with van der Waals surface area (Å²) in [4.78, 5) is 11.3. The molecule has 0 aliphatic heterocycles. The number of carbonyl (C=O) groups is 1. The molecule has 1 aliphatic carbocycles. The molecule has 0 fully saturated rings. The van der Waals surface area contributed by atoms with E-state index in [1.165, 1.54) is 0 Å². The fourth-order valence-electron chi connectivity index (χ4n) is 2.08. The first kappa shape index (κ1) is 16.4. The number of carbonyl (C=O) groups excluding carboxylic acids is 1. The number of esters is 1. The van der Waals surface area contributed by atoms with Crippen LogP contribution < -0.4 is 0 Å². The van der Waals surface area contributed by atoms with Crippen LogP contribution in [0.3, 0.4) is 0 Å². The molecule has 0 radical (unpaired) electrons. The second kappa shape index (κ2) is 8.44. The van der Waals surface area contributed by atoms with Crippen LogP contribution in [0.1, 0.15) is 24.3 Å². The van der Waals surface area contributed by atoms with Crippen LogP contribution in [-0.2, 0) is 14.3 Å².